The van der Waals surface area contributed by atoms with Crippen molar-refractivity contribution in [2.45, 2.75) is 26.3 Å². The van der Waals surface area contributed by atoms with Crippen molar-refractivity contribution < 1.29 is 14.7 Å². The second-order valence-corrected chi connectivity index (χ2v) is 6.45. The first-order valence-electron chi connectivity index (χ1n) is 7.44. The number of thiophene rings is 1. The van der Waals surface area contributed by atoms with Crippen molar-refractivity contribution in [2.75, 3.05) is 4.90 Å². The molecule has 1 unspecified atom stereocenters. The van der Waals surface area contributed by atoms with Gasteiger partial charge in [-0.15, -0.1) is 11.3 Å². The predicted molar refractivity (Wildman–Crippen MR) is 90.7 cm³/mol. The first-order chi connectivity index (χ1) is 11.0. The van der Waals surface area contributed by atoms with E-state index in [4.69, 9.17) is 0 Å². The van der Waals surface area contributed by atoms with Crippen LogP contribution < -0.4 is 4.90 Å². The lowest BCUT2D eigenvalue weighted by atomic mass is 10.00. The van der Waals surface area contributed by atoms with Gasteiger partial charge in [-0.25, -0.2) is 0 Å². The molecule has 5 heteroatoms. The summed E-state index contributed by atoms with van der Waals surface area (Å²) in [5, 5.41) is 12.2. The van der Waals surface area contributed by atoms with Crippen LogP contribution in [0.4, 0.5) is 5.69 Å². The maximum atomic E-state index is 12.6. The van der Waals surface area contributed by atoms with Crippen LogP contribution in [-0.4, -0.2) is 16.8 Å². The van der Waals surface area contributed by atoms with Crippen molar-refractivity contribution in [1.82, 2.24) is 0 Å². The molecule has 1 N–H and O–H groups in total. The lowest BCUT2D eigenvalue weighted by Gasteiger charge is -2.26. The topological polar surface area (TPSA) is 57.6 Å². The highest BCUT2D eigenvalue weighted by Gasteiger charge is 2.44. The van der Waals surface area contributed by atoms with E-state index in [-0.39, 0.29) is 17.8 Å². The smallest absolute Gasteiger partial charge is 0.294 e. The molecule has 0 bridgehead atoms. The Labute approximate surface area is 138 Å². The number of hydrogen-bond donors (Lipinski definition) is 1. The molecule has 23 heavy (non-hydrogen) atoms. The number of carbonyl (C=O) groups excluding carboxylic acids is 2. The zero-order chi connectivity index (χ0) is 16.6. The predicted octanol–water partition coefficient (Wildman–Crippen LogP) is 3.94. The quantitative estimate of drug-likeness (QED) is 0.925. The molecule has 0 spiro atoms. The largest absolute Gasteiger partial charge is 0.503 e. The summed E-state index contributed by atoms with van der Waals surface area (Å²) in [6.45, 7) is 3.67. The summed E-state index contributed by atoms with van der Waals surface area (Å²) in [6.07, 6.45) is 0.246. The number of aryl methyl sites for hydroxylation is 1. The molecule has 0 saturated carbocycles. The minimum Gasteiger partial charge on any atom is -0.503 e. The van der Waals surface area contributed by atoms with Crippen LogP contribution in [0.3, 0.4) is 0 Å². The van der Waals surface area contributed by atoms with Crippen molar-refractivity contribution in [3.05, 3.63) is 63.6 Å². The molecular weight excluding hydrogens is 310 g/mol. The normalized spacial score (nSPS) is 17.9. The summed E-state index contributed by atoms with van der Waals surface area (Å²) in [5.41, 5.74) is 1.88. The second kappa shape index (κ2) is 6.01. The van der Waals surface area contributed by atoms with E-state index in [0.717, 1.165) is 10.4 Å². The number of rotatable bonds is 4. The lowest BCUT2D eigenvalue weighted by Crippen LogP contribution is -2.30. The van der Waals surface area contributed by atoms with Gasteiger partial charge in [0.15, 0.2) is 11.5 Å². The van der Waals surface area contributed by atoms with Crippen LogP contribution >= 0.6 is 11.3 Å². The van der Waals surface area contributed by atoms with E-state index in [2.05, 4.69) is 0 Å². The SMILES string of the molecule is CCC(=O)C1=C(O)C(=O)N(c2cccc(C)c2)C1c1cccs1. The van der Waals surface area contributed by atoms with E-state index in [0.29, 0.717) is 5.69 Å². The number of benzene rings is 1. The Balaban J connectivity index is 2.16. The summed E-state index contributed by atoms with van der Waals surface area (Å²) < 4.78 is 0. The van der Waals surface area contributed by atoms with E-state index in [1.165, 1.54) is 16.2 Å². The van der Waals surface area contributed by atoms with Crippen molar-refractivity contribution in [2.24, 2.45) is 0 Å². The van der Waals surface area contributed by atoms with Crippen molar-refractivity contribution in [3.63, 3.8) is 0 Å². The van der Waals surface area contributed by atoms with Gasteiger partial charge in [0, 0.05) is 17.0 Å². The van der Waals surface area contributed by atoms with Gasteiger partial charge in [0.1, 0.15) is 6.04 Å². The van der Waals surface area contributed by atoms with Gasteiger partial charge in [-0.05, 0) is 36.1 Å². The van der Waals surface area contributed by atoms with E-state index in [9.17, 15) is 14.7 Å². The molecule has 0 saturated heterocycles. The van der Waals surface area contributed by atoms with Gasteiger partial charge in [0.25, 0.3) is 5.91 Å². The number of amides is 1. The number of hydrogen-bond acceptors (Lipinski definition) is 4. The zero-order valence-corrected chi connectivity index (χ0v) is 13.8. The summed E-state index contributed by atoms with van der Waals surface area (Å²) in [6, 6.07) is 10.7. The molecule has 4 nitrogen and oxygen atoms in total. The van der Waals surface area contributed by atoms with Crippen molar-refractivity contribution in [1.29, 1.82) is 0 Å². The molecule has 2 aromatic rings. The summed E-state index contributed by atoms with van der Waals surface area (Å²) in [7, 11) is 0. The second-order valence-electron chi connectivity index (χ2n) is 5.47. The molecule has 0 fully saturated rings. The van der Waals surface area contributed by atoms with Gasteiger partial charge in [0.05, 0.1) is 5.57 Å². The van der Waals surface area contributed by atoms with E-state index in [1.807, 2.05) is 48.7 Å². The fourth-order valence-corrected chi connectivity index (χ4v) is 3.66. The highest BCUT2D eigenvalue weighted by atomic mass is 32.1. The first kappa shape index (κ1) is 15.5. The van der Waals surface area contributed by atoms with Gasteiger partial charge in [-0.1, -0.05) is 25.1 Å². The third-order valence-electron chi connectivity index (χ3n) is 3.92. The average Bonchev–Trinajstić information content (AvgIpc) is 3.14. The molecule has 0 aliphatic carbocycles. The first-order valence-corrected chi connectivity index (χ1v) is 8.32. The van der Waals surface area contributed by atoms with Crippen LogP contribution in [-0.2, 0) is 9.59 Å². The molecule has 1 aliphatic rings. The molecule has 1 aliphatic heterocycles. The van der Waals surface area contributed by atoms with E-state index < -0.39 is 17.7 Å². The Morgan fingerprint density at radius 3 is 2.70 bits per heavy atom. The molecule has 0 radical (unpaired) electrons. The number of aliphatic hydroxyl groups is 1. The third-order valence-corrected chi connectivity index (χ3v) is 4.85. The van der Waals surface area contributed by atoms with Gasteiger partial charge in [-0.3, -0.25) is 14.5 Å². The van der Waals surface area contributed by atoms with Gasteiger partial charge in [-0.2, -0.15) is 0 Å². The Hall–Kier alpha value is -2.40. The molecule has 2 heterocycles. The lowest BCUT2D eigenvalue weighted by molar-refractivity contribution is -0.118. The fraction of sp³-hybridized carbons (Fsp3) is 0.222. The molecule has 1 amide bonds. The number of anilines is 1. The number of aliphatic hydroxyl groups excluding tert-OH is 1. The molecule has 1 aromatic carbocycles. The minimum absolute atomic E-state index is 0.196. The van der Waals surface area contributed by atoms with Gasteiger partial charge < -0.3 is 5.11 Å². The maximum Gasteiger partial charge on any atom is 0.294 e. The van der Waals surface area contributed by atoms with Crippen LogP contribution in [0.5, 0.6) is 0 Å². The number of ketones is 1. The molecule has 1 aromatic heterocycles. The summed E-state index contributed by atoms with van der Waals surface area (Å²) >= 11 is 1.47. The Morgan fingerprint density at radius 1 is 1.30 bits per heavy atom. The molecule has 1 atom stereocenters. The standard InChI is InChI=1S/C18H17NO3S/c1-3-13(20)15-16(14-8-5-9-23-14)19(18(22)17(15)21)12-7-4-6-11(2)10-12/h4-10,16,21H,3H2,1-2H3. The summed E-state index contributed by atoms with van der Waals surface area (Å²) in [4.78, 5) is 27.3. The van der Waals surface area contributed by atoms with Crippen LogP contribution in [0.2, 0.25) is 0 Å². The number of carbonyl (C=O) groups is 2. The minimum atomic E-state index is -0.559. The average molecular weight is 327 g/mol. The van der Waals surface area contributed by atoms with Crippen LogP contribution in [0.1, 0.15) is 29.8 Å². The van der Waals surface area contributed by atoms with E-state index >= 15 is 0 Å². The monoisotopic (exact) mass is 327 g/mol. The summed E-state index contributed by atoms with van der Waals surface area (Å²) in [5.74, 6) is -1.16. The van der Waals surface area contributed by atoms with Gasteiger partial charge >= 0.3 is 0 Å². The van der Waals surface area contributed by atoms with Gasteiger partial charge in [0.2, 0.25) is 0 Å². The molecule has 118 valence electrons. The van der Waals surface area contributed by atoms with Crippen molar-refractivity contribution in [3.8, 4) is 0 Å². The molecular formula is C18H17NO3S. The number of nitrogens with zero attached hydrogens (tertiary/aromatic N) is 1. The molecule has 3 rings (SSSR count). The Morgan fingerprint density at radius 2 is 2.09 bits per heavy atom. The van der Waals surface area contributed by atoms with Crippen molar-refractivity contribution >= 4 is 28.7 Å². The number of Topliss-reactive ketones (excluding diaryl/α,β-unsaturated/α-hetero) is 1. The fourth-order valence-electron chi connectivity index (χ4n) is 2.84. The Bertz CT molecular complexity index is 792. The van der Waals surface area contributed by atoms with E-state index in [1.54, 1.807) is 6.92 Å². The Kier molecular flexibility index (Phi) is 4.05. The highest BCUT2D eigenvalue weighted by molar-refractivity contribution is 7.10. The maximum absolute atomic E-state index is 12.6. The van der Waals surface area contributed by atoms with Crippen LogP contribution in [0.15, 0.2) is 53.1 Å². The highest BCUT2D eigenvalue weighted by Crippen LogP contribution is 2.42. The third kappa shape index (κ3) is 2.57. The zero-order valence-electron chi connectivity index (χ0n) is 12.9. The van der Waals surface area contributed by atoms with Crippen LogP contribution in [0, 0.1) is 6.92 Å². The van der Waals surface area contributed by atoms with Crippen LogP contribution in [0.25, 0.3) is 0 Å².